The van der Waals surface area contributed by atoms with E-state index in [2.05, 4.69) is 219 Å². The van der Waals surface area contributed by atoms with Crippen LogP contribution in [0.4, 0.5) is 0 Å². The normalized spacial score (nSPS) is 12.0. The molecule has 0 amide bonds. The lowest BCUT2D eigenvalue weighted by molar-refractivity contribution is 0.404. The number of hydrogen-bond acceptors (Lipinski definition) is 2. The molecule has 7 aromatic carbocycles. The Kier molecular flexibility index (Phi) is 14.7. The molecule has 0 radical (unpaired) electrons. The SMILES string of the molecule is CCCCCCCCCCC[Si](O[Si](c1ccccc1)(c1ccccc1)c1ccccc1)(O[Si](c1ccccc1)(c1ccccc1)c1ccccc1)c1ccccc1. The third-order valence-electron chi connectivity index (χ3n) is 11.5. The Morgan fingerprint density at radius 2 is 0.500 bits per heavy atom. The van der Waals surface area contributed by atoms with E-state index >= 15 is 0 Å². The van der Waals surface area contributed by atoms with Crippen molar-refractivity contribution < 1.29 is 8.23 Å². The second-order valence-electron chi connectivity index (χ2n) is 15.5. The molecule has 5 heteroatoms. The molecule has 0 aliphatic carbocycles. The number of hydrogen-bond donors (Lipinski definition) is 0. The van der Waals surface area contributed by atoms with Gasteiger partial charge in [-0.3, -0.25) is 0 Å². The maximum absolute atomic E-state index is 8.65. The van der Waals surface area contributed by atoms with Gasteiger partial charge in [-0.05, 0) is 42.4 Å². The second-order valence-corrected chi connectivity index (χ2v) is 25.9. The van der Waals surface area contributed by atoms with Crippen LogP contribution in [-0.2, 0) is 8.23 Å². The first kappa shape index (κ1) is 41.3. The van der Waals surface area contributed by atoms with Crippen molar-refractivity contribution in [1.29, 1.82) is 0 Å². The van der Waals surface area contributed by atoms with Crippen molar-refractivity contribution >= 4 is 61.5 Å². The fraction of sp³-hybridized carbons (Fsp3) is 0.208. The molecule has 58 heavy (non-hydrogen) atoms. The van der Waals surface area contributed by atoms with Gasteiger partial charge >= 0.3 is 8.56 Å². The van der Waals surface area contributed by atoms with Crippen molar-refractivity contribution in [2.45, 2.75) is 70.8 Å². The van der Waals surface area contributed by atoms with Crippen LogP contribution in [-0.4, -0.2) is 25.2 Å². The Morgan fingerprint density at radius 1 is 0.276 bits per heavy atom. The molecule has 7 rings (SSSR count). The van der Waals surface area contributed by atoms with E-state index in [4.69, 9.17) is 8.23 Å². The van der Waals surface area contributed by atoms with Crippen LogP contribution in [0.25, 0.3) is 0 Å². The predicted molar refractivity (Wildman–Crippen MR) is 254 cm³/mol. The summed E-state index contributed by atoms with van der Waals surface area (Å²) in [5, 5.41) is 8.53. The molecule has 7 aromatic rings. The zero-order valence-electron chi connectivity index (χ0n) is 34.1. The highest BCUT2D eigenvalue weighted by molar-refractivity contribution is 7.15. The minimum Gasteiger partial charge on any atom is -0.422 e. The lowest BCUT2D eigenvalue weighted by atomic mass is 10.1. The highest BCUT2D eigenvalue weighted by Crippen LogP contribution is 2.29. The number of unbranched alkanes of at least 4 members (excludes halogenated alkanes) is 8. The predicted octanol–water partition coefficient (Wildman–Crippen LogP) is 9.23. The van der Waals surface area contributed by atoms with Crippen LogP contribution < -0.4 is 36.3 Å². The minimum atomic E-state index is -3.50. The van der Waals surface area contributed by atoms with Gasteiger partial charge < -0.3 is 8.23 Å². The summed E-state index contributed by atoms with van der Waals surface area (Å²) in [5.74, 6) is 0. The van der Waals surface area contributed by atoms with Gasteiger partial charge in [0.2, 0.25) is 0 Å². The Morgan fingerprint density at radius 3 is 0.759 bits per heavy atom. The fourth-order valence-electron chi connectivity index (χ4n) is 8.63. The maximum atomic E-state index is 8.65. The van der Waals surface area contributed by atoms with Gasteiger partial charge in [0.05, 0.1) is 0 Å². The van der Waals surface area contributed by atoms with Gasteiger partial charge in [0.15, 0.2) is 0 Å². The Labute approximate surface area is 351 Å². The van der Waals surface area contributed by atoms with Crippen LogP contribution in [0.1, 0.15) is 64.7 Å². The first-order valence-electron chi connectivity index (χ1n) is 21.5. The Bertz CT molecular complexity index is 1870. The van der Waals surface area contributed by atoms with E-state index in [1.807, 2.05) is 0 Å². The monoisotopic (exact) mass is 810 g/mol. The van der Waals surface area contributed by atoms with Gasteiger partial charge in [-0.25, -0.2) is 0 Å². The van der Waals surface area contributed by atoms with Gasteiger partial charge in [0.1, 0.15) is 0 Å². The molecule has 294 valence electrons. The maximum Gasteiger partial charge on any atom is 0.353 e. The first-order valence-corrected chi connectivity index (χ1v) is 27.3. The van der Waals surface area contributed by atoms with Gasteiger partial charge in [-0.1, -0.05) is 277 Å². The van der Waals surface area contributed by atoms with Crippen molar-refractivity contribution in [2.75, 3.05) is 0 Å². The van der Waals surface area contributed by atoms with Crippen LogP contribution in [0.15, 0.2) is 212 Å². The van der Waals surface area contributed by atoms with E-state index in [0.717, 1.165) is 18.9 Å². The molecule has 0 atom stereocenters. The van der Waals surface area contributed by atoms with Crippen molar-refractivity contribution in [2.24, 2.45) is 0 Å². The molecular formula is C53H58O2Si3. The van der Waals surface area contributed by atoms with Crippen molar-refractivity contribution in [3.8, 4) is 0 Å². The van der Waals surface area contributed by atoms with Crippen molar-refractivity contribution in [1.82, 2.24) is 0 Å². The lowest BCUT2D eigenvalue weighted by Gasteiger charge is -2.47. The Balaban J connectivity index is 1.49. The zero-order chi connectivity index (χ0) is 39.8. The van der Waals surface area contributed by atoms with Crippen LogP contribution in [0.3, 0.4) is 0 Å². The molecule has 0 saturated carbocycles. The Hall–Kier alpha value is -4.89. The summed E-state index contributed by atoms with van der Waals surface area (Å²) in [4.78, 5) is 0. The van der Waals surface area contributed by atoms with Crippen LogP contribution in [0, 0.1) is 0 Å². The summed E-state index contributed by atoms with van der Waals surface area (Å²) >= 11 is 0. The highest BCUT2D eigenvalue weighted by atomic mass is 28.5. The average Bonchev–Trinajstić information content (AvgIpc) is 3.31. The van der Waals surface area contributed by atoms with Crippen LogP contribution >= 0.6 is 0 Å². The van der Waals surface area contributed by atoms with Crippen molar-refractivity contribution in [3.63, 3.8) is 0 Å². The number of benzene rings is 7. The molecular weight excluding hydrogens is 753 g/mol. The molecule has 0 aromatic heterocycles. The van der Waals surface area contributed by atoms with Crippen molar-refractivity contribution in [3.05, 3.63) is 212 Å². The van der Waals surface area contributed by atoms with Crippen LogP contribution in [0.2, 0.25) is 6.04 Å². The molecule has 0 N–H and O–H groups in total. The lowest BCUT2D eigenvalue weighted by Crippen LogP contribution is -2.80. The van der Waals surface area contributed by atoms with E-state index in [-0.39, 0.29) is 0 Å². The zero-order valence-corrected chi connectivity index (χ0v) is 37.1. The summed E-state index contributed by atoms with van der Waals surface area (Å²) < 4.78 is 17.3. The molecule has 0 unspecified atom stereocenters. The molecule has 0 saturated heterocycles. The quantitative estimate of drug-likeness (QED) is 0.0410. The summed E-state index contributed by atoms with van der Waals surface area (Å²) in [6.07, 6.45) is 11.3. The average molecular weight is 811 g/mol. The van der Waals surface area contributed by atoms with E-state index < -0.39 is 25.2 Å². The number of rotatable bonds is 21. The minimum absolute atomic E-state index is 0.843. The second kappa shape index (κ2) is 20.7. The van der Waals surface area contributed by atoms with E-state index in [1.54, 1.807) is 0 Å². The molecule has 0 aliphatic heterocycles. The molecule has 0 aliphatic rings. The molecule has 0 heterocycles. The summed E-state index contributed by atoms with van der Waals surface area (Å²) in [7, 11) is -10.1. The van der Waals surface area contributed by atoms with E-state index in [1.165, 1.54) is 81.3 Å². The van der Waals surface area contributed by atoms with Gasteiger partial charge in [-0.15, -0.1) is 0 Å². The summed E-state index contributed by atoms with van der Waals surface area (Å²) in [6.45, 7) is 2.29. The van der Waals surface area contributed by atoms with Gasteiger partial charge in [0.25, 0.3) is 16.6 Å². The topological polar surface area (TPSA) is 18.5 Å². The summed E-state index contributed by atoms with van der Waals surface area (Å²) in [5.41, 5.74) is 0. The fourth-order valence-corrected chi connectivity index (χ4v) is 25.4. The summed E-state index contributed by atoms with van der Waals surface area (Å²) in [6, 6.07) is 78.4. The first-order chi connectivity index (χ1) is 28.7. The van der Waals surface area contributed by atoms with Crippen LogP contribution in [0.5, 0.6) is 0 Å². The molecule has 2 nitrogen and oxygen atoms in total. The third-order valence-corrected chi connectivity index (χ3v) is 25.7. The highest BCUT2D eigenvalue weighted by Gasteiger charge is 2.57. The molecule has 0 spiro atoms. The van der Waals surface area contributed by atoms with E-state index in [9.17, 15) is 0 Å². The largest absolute Gasteiger partial charge is 0.422 e. The standard InChI is InChI=1S/C53H58O2Si3/c1-2-3-4-5-6-7-8-9-31-46-56(47-32-17-10-18-33-47,54-57(48-34-19-11-20-35-48,49-36-21-12-22-37-49)50-38-23-13-24-39-50)55-58(51-40-25-14-26-41-51,52-42-27-15-28-43-52)53-44-29-16-30-45-53/h10-30,32-45H,2-9,31,46H2,1H3. The van der Waals surface area contributed by atoms with Gasteiger partial charge in [-0.2, -0.15) is 0 Å². The smallest absolute Gasteiger partial charge is 0.353 e. The molecule has 0 fully saturated rings. The van der Waals surface area contributed by atoms with Gasteiger partial charge in [0, 0.05) is 0 Å². The third kappa shape index (κ3) is 9.36. The molecule has 0 bridgehead atoms. The van der Waals surface area contributed by atoms with E-state index in [0.29, 0.717) is 0 Å².